The lowest BCUT2D eigenvalue weighted by Crippen LogP contribution is -2.59. The zero-order valence-electron chi connectivity index (χ0n) is 17.2. The fourth-order valence-electron chi connectivity index (χ4n) is 3.94. The van der Waals surface area contributed by atoms with Crippen LogP contribution in [0.5, 0.6) is 0 Å². The first-order chi connectivity index (χ1) is 14.6. The smallest absolute Gasteiger partial charge is 0.272 e. The van der Waals surface area contributed by atoms with E-state index in [4.69, 9.17) is 4.74 Å². The number of benzene rings is 1. The van der Waals surface area contributed by atoms with E-state index in [0.717, 1.165) is 25.0 Å². The molecule has 2 aromatic rings. The Balaban J connectivity index is 1.77. The Bertz CT molecular complexity index is 1180. The van der Waals surface area contributed by atoms with Gasteiger partial charge in [-0.1, -0.05) is 6.08 Å². The van der Waals surface area contributed by atoms with Crippen LogP contribution in [0, 0.1) is 18.6 Å². The number of carbonyl (C=O) groups excluding carboxylic acids is 1. The molecule has 1 fully saturated rings. The number of sulfonamides is 1. The van der Waals surface area contributed by atoms with Gasteiger partial charge < -0.3 is 14.6 Å². The van der Waals surface area contributed by atoms with Crippen LogP contribution < -0.4 is 10.0 Å². The highest BCUT2D eigenvalue weighted by atomic mass is 32.2. The van der Waals surface area contributed by atoms with Crippen molar-refractivity contribution >= 4 is 27.7 Å². The van der Waals surface area contributed by atoms with Crippen LogP contribution in [0.3, 0.4) is 0 Å². The Kier molecular flexibility index (Phi) is 5.48. The van der Waals surface area contributed by atoms with Gasteiger partial charge in [0.25, 0.3) is 5.91 Å². The molecule has 0 atom stereocenters. The van der Waals surface area contributed by atoms with Crippen LogP contribution >= 0.6 is 0 Å². The zero-order valence-corrected chi connectivity index (χ0v) is 18.0. The third-order valence-corrected chi connectivity index (χ3v) is 7.21. The molecular weight excluding hydrogens is 428 g/mol. The number of fused-ring (bicyclic) bond motifs is 1. The minimum absolute atomic E-state index is 0.0363. The average molecular weight is 451 g/mol. The number of rotatable bonds is 5. The van der Waals surface area contributed by atoms with E-state index in [2.05, 4.69) is 10.0 Å². The summed E-state index contributed by atoms with van der Waals surface area (Å²) in [5, 5.41) is 2.55. The summed E-state index contributed by atoms with van der Waals surface area (Å²) in [5.74, 6) is -2.71. The summed E-state index contributed by atoms with van der Waals surface area (Å²) in [4.78, 5) is 13.1. The lowest BCUT2D eigenvalue weighted by Gasteiger charge is -2.38. The van der Waals surface area contributed by atoms with Crippen molar-refractivity contribution < 1.29 is 26.7 Å². The Morgan fingerprint density at radius 1 is 1.23 bits per heavy atom. The average Bonchev–Trinajstić information content (AvgIpc) is 2.79. The van der Waals surface area contributed by atoms with Gasteiger partial charge in [0.15, 0.2) is 11.6 Å². The number of allylic oxidation sites excluding steroid dienone is 1. The number of ether oxygens (including phenoxy) is 1. The molecule has 3 heterocycles. The van der Waals surface area contributed by atoms with Crippen molar-refractivity contribution in [2.75, 3.05) is 18.5 Å². The summed E-state index contributed by atoms with van der Waals surface area (Å²) in [5.41, 5.74) is 0.244. The number of carbonyl (C=O) groups is 1. The minimum atomic E-state index is -3.96. The SMILES string of the molecule is Cc1c(S(=O)(=O)NC2(C)COC2)c2n(c1C(=O)Nc1ccc(F)c(F)c1)CCCC=C2. The third-order valence-electron chi connectivity index (χ3n) is 5.40. The molecule has 0 radical (unpaired) electrons. The molecule has 0 spiro atoms. The highest BCUT2D eigenvalue weighted by molar-refractivity contribution is 7.89. The zero-order chi connectivity index (χ0) is 22.4. The van der Waals surface area contributed by atoms with Gasteiger partial charge in [0.05, 0.1) is 24.4 Å². The van der Waals surface area contributed by atoms with Gasteiger partial charge in [-0.3, -0.25) is 4.79 Å². The van der Waals surface area contributed by atoms with Gasteiger partial charge >= 0.3 is 0 Å². The van der Waals surface area contributed by atoms with E-state index in [1.54, 1.807) is 24.5 Å². The topological polar surface area (TPSA) is 89.4 Å². The van der Waals surface area contributed by atoms with Crippen LogP contribution in [0.4, 0.5) is 14.5 Å². The number of amides is 1. The molecular formula is C21H23F2N3O4S. The molecule has 1 amide bonds. The van der Waals surface area contributed by atoms with Crippen molar-refractivity contribution in [3.63, 3.8) is 0 Å². The van der Waals surface area contributed by atoms with Crippen molar-refractivity contribution in [3.05, 3.63) is 52.9 Å². The molecule has 1 saturated heterocycles. The van der Waals surface area contributed by atoms with Crippen LogP contribution in [0.25, 0.3) is 6.08 Å². The van der Waals surface area contributed by atoms with Crippen molar-refractivity contribution in [3.8, 4) is 0 Å². The Hall–Kier alpha value is -2.56. The highest BCUT2D eigenvalue weighted by Crippen LogP contribution is 2.32. The van der Waals surface area contributed by atoms with Crippen molar-refractivity contribution in [2.45, 2.75) is 43.7 Å². The summed E-state index contributed by atoms with van der Waals surface area (Å²) < 4.78 is 62.8. The fourth-order valence-corrected chi connectivity index (χ4v) is 5.77. The lowest BCUT2D eigenvalue weighted by molar-refractivity contribution is -0.0523. The summed E-state index contributed by atoms with van der Waals surface area (Å²) in [6.45, 7) is 4.30. The molecule has 166 valence electrons. The van der Waals surface area contributed by atoms with E-state index in [0.29, 0.717) is 12.2 Å². The van der Waals surface area contributed by atoms with Crippen molar-refractivity contribution in [1.29, 1.82) is 0 Å². The molecule has 10 heteroatoms. The number of halogens is 2. The van der Waals surface area contributed by atoms with Crippen LogP contribution in [-0.2, 0) is 21.3 Å². The second-order valence-corrected chi connectivity index (χ2v) is 9.75. The predicted molar refractivity (Wildman–Crippen MR) is 111 cm³/mol. The normalized spacial score (nSPS) is 17.5. The van der Waals surface area contributed by atoms with Crippen LogP contribution in [0.1, 0.15) is 41.5 Å². The Morgan fingerprint density at radius 3 is 2.61 bits per heavy atom. The summed E-state index contributed by atoms with van der Waals surface area (Å²) in [7, 11) is -3.96. The molecule has 2 aliphatic heterocycles. The van der Waals surface area contributed by atoms with Crippen LogP contribution in [0.2, 0.25) is 0 Å². The molecule has 7 nitrogen and oxygen atoms in total. The molecule has 0 bridgehead atoms. The van der Waals surface area contributed by atoms with E-state index in [1.807, 2.05) is 6.08 Å². The molecule has 0 saturated carbocycles. The number of nitrogens with one attached hydrogen (secondary N) is 2. The second kappa shape index (κ2) is 7.85. The molecule has 1 aromatic heterocycles. The first-order valence-corrected chi connectivity index (χ1v) is 11.4. The van der Waals surface area contributed by atoms with Gasteiger partial charge in [0, 0.05) is 23.9 Å². The third kappa shape index (κ3) is 4.02. The van der Waals surface area contributed by atoms with Gasteiger partial charge in [0.2, 0.25) is 10.0 Å². The van der Waals surface area contributed by atoms with Gasteiger partial charge in [-0.05, 0) is 44.9 Å². The highest BCUT2D eigenvalue weighted by Gasteiger charge is 2.40. The maximum absolute atomic E-state index is 13.6. The van der Waals surface area contributed by atoms with E-state index < -0.39 is 33.1 Å². The Morgan fingerprint density at radius 2 is 1.97 bits per heavy atom. The monoisotopic (exact) mass is 451 g/mol. The minimum Gasteiger partial charge on any atom is -0.377 e. The van der Waals surface area contributed by atoms with Crippen LogP contribution in [0.15, 0.2) is 29.2 Å². The summed E-state index contributed by atoms with van der Waals surface area (Å²) in [6.07, 6.45) is 5.05. The van der Waals surface area contributed by atoms with Gasteiger partial charge in [-0.25, -0.2) is 21.9 Å². The van der Waals surface area contributed by atoms with E-state index in [9.17, 15) is 22.0 Å². The number of hydrogen-bond donors (Lipinski definition) is 2. The van der Waals surface area contributed by atoms with Crippen LogP contribution in [-0.4, -0.2) is 37.6 Å². The van der Waals surface area contributed by atoms with Gasteiger partial charge in [0.1, 0.15) is 10.6 Å². The molecule has 1 aromatic carbocycles. The number of anilines is 1. The standard InChI is InChI=1S/C21H23F2N3O4S/c1-13-18(20(27)24-14-7-8-15(22)16(23)10-14)26-9-5-3-4-6-17(26)19(13)31(28,29)25-21(2)11-30-12-21/h4,6-8,10,25H,3,5,9,11-12H2,1-2H3,(H,24,27). The van der Waals surface area contributed by atoms with Crippen molar-refractivity contribution in [2.24, 2.45) is 0 Å². The summed E-state index contributed by atoms with van der Waals surface area (Å²) in [6, 6.07) is 3.04. The maximum Gasteiger partial charge on any atom is 0.272 e. The van der Waals surface area contributed by atoms with E-state index in [1.165, 1.54) is 6.07 Å². The number of hydrogen-bond acceptors (Lipinski definition) is 4. The van der Waals surface area contributed by atoms with Gasteiger partial charge in [-0.15, -0.1) is 0 Å². The molecule has 0 aliphatic carbocycles. The molecule has 31 heavy (non-hydrogen) atoms. The predicted octanol–water partition coefficient (Wildman–Crippen LogP) is 3.20. The van der Waals surface area contributed by atoms with E-state index >= 15 is 0 Å². The molecule has 2 N–H and O–H groups in total. The summed E-state index contributed by atoms with van der Waals surface area (Å²) >= 11 is 0. The second-order valence-electron chi connectivity index (χ2n) is 8.13. The molecule has 0 unspecified atom stereocenters. The van der Waals surface area contributed by atoms with Gasteiger partial charge in [-0.2, -0.15) is 0 Å². The molecule has 2 aliphatic rings. The first kappa shape index (κ1) is 21.7. The van der Waals surface area contributed by atoms with Crippen molar-refractivity contribution in [1.82, 2.24) is 9.29 Å². The quantitative estimate of drug-likeness (QED) is 0.731. The number of aromatic nitrogens is 1. The largest absolute Gasteiger partial charge is 0.377 e. The van der Waals surface area contributed by atoms with E-state index in [-0.39, 0.29) is 35.1 Å². The lowest BCUT2D eigenvalue weighted by atomic mass is 10.0. The Labute approximate surface area is 179 Å². The number of nitrogens with zero attached hydrogens (tertiary/aromatic N) is 1. The fraction of sp³-hybridized carbons (Fsp3) is 0.381. The maximum atomic E-state index is 13.6. The first-order valence-electron chi connectivity index (χ1n) is 9.89. The molecule has 4 rings (SSSR count).